The van der Waals surface area contributed by atoms with E-state index >= 15 is 0 Å². The molecule has 28 heavy (non-hydrogen) atoms. The molecular weight excluding hydrogens is 398 g/mol. The first kappa shape index (κ1) is 18.8. The third kappa shape index (κ3) is 3.14. The fourth-order valence-electron chi connectivity index (χ4n) is 3.46. The van der Waals surface area contributed by atoms with Crippen LogP contribution in [0.4, 0.5) is 5.69 Å². The van der Waals surface area contributed by atoms with Crippen LogP contribution in [0.25, 0.3) is 10.2 Å². The lowest BCUT2D eigenvalue weighted by Gasteiger charge is -2.08. The molecule has 0 unspecified atom stereocenters. The number of methoxy groups -OCH3 is 1. The van der Waals surface area contributed by atoms with Gasteiger partial charge in [-0.25, -0.2) is 9.78 Å². The molecule has 7 nitrogen and oxygen atoms in total. The van der Waals surface area contributed by atoms with Crippen molar-refractivity contribution in [1.29, 1.82) is 0 Å². The molecule has 1 aliphatic rings. The Morgan fingerprint density at radius 3 is 2.86 bits per heavy atom. The van der Waals surface area contributed by atoms with E-state index in [4.69, 9.17) is 4.74 Å². The summed E-state index contributed by atoms with van der Waals surface area (Å²) in [5.74, 6) is -0.0559. The minimum Gasteiger partial charge on any atom is -0.465 e. The third-order valence-corrected chi connectivity index (χ3v) is 6.98. The summed E-state index contributed by atoms with van der Waals surface area (Å²) in [4.78, 5) is 43.8. The largest absolute Gasteiger partial charge is 0.465 e. The summed E-state index contributed by atoms with van der Waals surface area (Å²) in [6.07, 6.45) is 3.85. The summed E-state index contributed by atoms with van der Waals surface area (Å²) in [5, 5.41) is 4.99. The molecule has 9 heteroatoms. The topological polar surface area (TPSA) is 90.3 Å². The van der Waals surface area contributed by atoms with Gasteiger partial charge < -0.3 is 10.1 Å². The first-order valence-electron chi connectivity index (χ1n) is 9.01. The highest BCUT2D eigenvalue weighted by Gasteiger charge is 2.23. The van der Waals surface area contributed by atoms with Crippen LogP contribution in [-0.2, 0) is 17.7 Å². The highest BCUT2D eigenvalue weighted by atomic mass is 32.1. The van der Waals surface area contributed by atoms with Crippen LogP contribution in [0.15, 0.2) is 16.2 Å². The Labute approximate surface area is 169 Å². The van der Waals surface area contributed by atoms with Crippen molar-refractivity contribution in [1.82, 2.24) is 9.55 Å². The zero-order valence-corrected chi connectivity index (χ0v) is 17.2. The molecule has 0 bridgehead atoms. The second kappa shape index (κ2) is 7.48. The average Bonchev–Trinajstić information content (AvgIpc) is 3.18. The Morgan fingerprint density at radius 1 is 1.25 bits per heavy atom. The van der Waals surface area contributed by atoms with Gasteiger partial charge >= 0.3 is 5.97 Å². The Kier molecular flexibility index (Phi) is 5.03. The Morgan fingerprint density at radius 2 is 2.07 bits per heavy atom. The molecule has 0 radical (unpaired) electrons. The maximum Gasteiger partial charge on any atom is 0.350 e. The number of carbonyl (C=O) groups is 2. The first-order valence-corrected chi connectivity index (χ1v) is 10.7. The van der Waals surface area contributed by atoms with Crippen LogP contribution in [0, 0.1) is 6.92 Å². The monoisotopic (exact) mass is 417 g/mol. The molecule has 0 aliphatic carbocycles. The third-order valence-electron chi connectivity index (χ3n) is 4.90. The number of esters is 1. The van der Waals surface area contributed by atoms with Crippen molar-refractivity contribution in [3.8, 4) is 0 Å². The molecule has 0 aromatic carbocycles. The predicted molar refractivity (Wildman–Crippen MR) is 110 cm³/mol. The fraction of sp³-hybridized carbons (Fsp3) is 0.368. The number of fused-ring (bicyclic) bond motifs is 2. The van der Waals surface area contributed by atoms with Crippen LogP contribution in [0.1, 0.15) is 50.0 Å². The number of hydrogen-bond donors (Lipinski definition) is 1. The van der Waals surface area contributed by atoms with Gasteiger partial charge in [-0.3, -0.25) is 14.2 Å². The Bertz CT molecular complexity index is 1140. The first-order chi connectivity index (χ1) is 13.5. The van der Waals surface area contributed by atoms with Crippen molar-refractivity contribution in [2.75, 3.05) is 12.4 Å². The zero-order chi connectivity index (χ0) is 19.8. The minimum atomic E-state index is -0.498. The van der Waals surface area contributed by atoms with Crippen molar-refractivity contribution in [3.63, 3.8) is 0 Å². The van der Waals surface area contributed by atoms with E-state index in [0.29, 0.717) is 37.8 Å². The van der Waals surface area contributed by atoms with Crippen molar-refractivity contribution in [2.24, 2.45) is 0 Å². The van der Waals surface area contributed by atoms with E-state index in [1.165, 1.54) is 29.8 Å². The van der Waals surface area contributed by atoms with Crippen LogP contribution >= 0.6 is 22.7 Å². The molecular formula is C19H19N3O4S2. The normalized spacial score (nSPS) is 13.8. The lowest BCUT2D eigenvalue weighted by Crippen LogP contribution is -2.24. The van der Waals surface area contributed by atoms with E-state index in [1.807, 2.05) is 0 Å². The molecule has 0 saturated heterocycles. The van der Waals surface area contributed by atoms with Gasteiger partial charge in [0.1, 0.15) is 15.5 Å². The molecule has 0 spiro atoms. The van der Waals surface area contributed by atoms with Crippen molar-refractivity contribution in [2.45, 2.75) is 39.2 Å². The molecule has 146 valence electrons. The highest BCUT2D eigenvalue weighted by Crippen LogP contribution is 2.30. The number of nitrogens with zero attached hydrogens (tertiary/aromatic N) is 2. The number of ether oxygens (including phenoxy) is 1. The summed E-state index contributed by atoms with van der Waals surface area (Å²) >= 11 is 2.42. The quantitative estimate of drug-likeness (QED) is 0.658. The lowest BCUT2D eigenvalue weighted by atomic mass is 10.2. The van der Waals surface area contributed by atoms with Crippen LogP contribution in [-0.4, -0.2) is 28.5 Å². The molecule has 0 fully saturated rings. The summed E-state index contributed by atoms with van der Waals surface area (Å²) in [5.41, 5.74) is 0.962. The van der Waals surface area contributed by atoms with Gasteiger partial charge in [-0.2, -0.15) is 0 Å². The van der Waals surface area contributed by atoms with Gasteiger partial charge in [0, 0.05) is 13.0 Å². The summed E-state index contributed by atoms with van der Waals surface area (Å²) in [7, 11) is 1.30. The molecule has 4 rings (SSSR count). The van der Waals surface area contributed by atoms with Gasteiger partial charge in [0.2, 0.25) is 0 Å². The molecule has 0 atom stereocenters. The van der Waals surface area contributed by atoms with E-state index in [1.54, 1.807) is 22.9 Å². The molecule has 3 aromatic heterocycles. The SMILES string of the molecule is COC(=O)c1sccc1NC(=O)c1sc2nc3n(c(=O)c2c1C)CCCCC3. The van der Waals surface area contributed by atoms with E-state index in [2.05, 4.69) is 10.3 Å². The number of nitrogens with one attached hydrogen (secondary N) is 1. The summed E-state index contributed by atoms with van der Waals surface area (Å²) in [6.45, 7) is 2.45. The Hall–Kier alpha value is -2.52. The molecule has 1 N–H and O–H groups in total. The predicted octanol–water partition coefficient (Wildman–Crippen LogP) is 3.59. The number of rotatable bonds is 3. The molecule has 3 aromatic rings. The van der Waals surface area contributed by atoms with Gasteiger partial charge in [0.15, 0.2) is 0 Å². The van der Waals surface area contributed by atoms with Crippen LogP contribution in [0.3, 0.4) is 0 Å². The summed E-state index contributed by atoms with van der Waals surface area (Å²) < 4.78 is 6.50. The highest BCUT2D eigenvalue weighted by molar-refractivity contribution is 7.20. The smallest absolute Gasteiger partial charge is 0.350 e. The van der Waals surface area contributed by atoms with Crippen molar-refractivity contribution in [3.05, 3.63) is 42.9 Å². The molecule has 1 aliphatic heterocycles. The average molecular weight is 418 g/mol. The van der Waals surface area contributed by atoms with Crippen molar-refractivity contribution >= 4 is 50.5 Å². The van der Waals surface area contributed by atoms with E-state index < -0.39 is 5.97 Å². The second-order valence-electron chi connectivity index (χ2n) is 6.64. The fourth-order valence-corrected chi connectivity index (χ4v) is 5.32. The Balaban J connectivity index is 1.74. The van der Waals surface area contributed by atoms with E-state index in [9.17, 15) is 14.4 Å². The van der Waals surface area contributed by atoms with Crippen molar-refractivity contribution < 1.29 is 14.3 Å². The van der Waals surface area contributed by atoms with E-state index in [-0.39, 0.29) is 11.5 Å². The number of aromatic nitrogens is 2. The summed E-state index contributed by atoms with van der Waals surface area (Å²) in [6, 6.07) is 1.66. The number of thiophene rings is 2. The van der Waals surface area contributed by atoms with Crippen LogP contribution in [0.5, 0.6) is 0 Å². The number of amides is 1. The zero-order valence-electron chi connectivity index (χ0n) is 15.5. The maximum atomic E-state index is 13.0. The number of hydrogen-bond acceptors (Lipinski definition) is 7. The van der Waals surface area contributed by atoms with Gasteiger partial charge in [-0.05, 0) is 36.8 Å². The van der Waals surface area contributed by atoms with Crippen LogP contribution in [0.2, 0.25) is 0 Å². The van der Waals surface area contributed by atoms with Gasteiger partial charge in [0.05, 0.1) is 23.1 Å². The minimum absolute atomic E-state index is 0.0690. The second-order valence-corrected chi connectivity index (χ2v) is 8.56. The molecule has 0 saturated carbocycles. The number of carbonyl (C=O) groups excluding carboxylic acids is 2. The lowest BCUT2D eigenvalue weighted by molar-refractivity contribution is 0.0607. The number of aryl methyl sites for hydroxylation is 2. The van der Waals surface area contributed by atoms with Gasteiger partial charge in [-0.15, -0.1) is 22.7 Å². The van der Waals surface area contributed by atoms with Crippen LogP contribution < -0.4 is 10.9 Å². The molecule has 1 amide bonds. The number of anilines is 1. The van der Waals surface area contributed by atoms with E-state index in [0.717, 1.165) is 31.5 Å². The maximum absolute atomic E-state index is 13.0. The van der Waals surface area contributed by atoms with Gasteiger partial charge in [-0.1, -0.05) is 6.42 Å². The van der Waals surface area contributed by atoms with Gasteiger partial charge in [0.25, 0.3) is 11.5 Å². The molecule has 4 heterocycles. The standard InChI is InChI=1S/C19H19N3O4S2/c1-10-13-17(21-12-6-4-3-5-8-22(12)18(13)24)28-14(10)16(23)20-11-7-9-27-15(11)19(25)26-2/h7,9H,3-6,8H2,1-2H3,(H,20,23).